The van der Waals surface area contributed by atoms with E-state index in [1.165, 1.54) is 0 Å². The van der Waals surface area contributed by atoms with Gasteiger partial charge in [0, 0.05) is 54.6 Å². The van der Waals surface area contributed by atoms with Crippen molar-refractivity contribution < 1.29 is 23.5 Å². The molecule has 7 rings (SSSR count). The number of thiol groups is 1. The van der Waals surface area contributed by atoms with Crippen LogP contribution in [0.3, 0.4) is 0 Å². The van der Waals surface area contributed by atoms with Gasteiger partial charge in [0.25, 0.3) is 11.8 Å². The number of benzene rings is 2. The van der Waals surface area contributed by atoms with E-state index >= 15 is 8.78 Å². The number of nitrogens with two attached hydrogens (primary N) is 1. The van der Waals surface area contributed by atoms with E-state index in [1.807, 2.05) is 21.8 Å². The lowest BCUT2D eigenvalue weighted by molar-refractivity contribution is -0.137. The van der Waals surface area contributed by atoms with Gasteiger partial charge in [-0.05, 0) is 81.3 Å². The number of phenols is 1. The van der Waals surface area contributed by atoms with Crippen molar-refractivity contribution in [2.45, 2.75) is 80.2 Å². The lowest BCUT2D eigenvalue weighted by Crippen LogP contribution is -2.60. The molecule has 268 valence electrons. The van der Waals surface area contributed by atoms with E-state index < -0.39 is 28.7 Å². The summed E-state index contributed by atoms with van der Waals surface area (Å²) < 4.78 is 32.7. The Morgan fingerprint density at radius 1 is 1.00 bits per heavy atom. The van der Waals surface area contributed by atoms with Crippen LogP contribution in [0.2, 0.25) is 0 Å². The number of imide groups is 1. The first-order chi connectivity index (χ1) is 24.3. The molecule has 0 unspecified atom stereocenters. The van der Waals surface area contributed by atoms with E-state index in [4.69, 9.17) is 18.4 Å². The fraction of sp³-hybridized carbons (Fsp3) is 0.432. The number of hydrogen-bond donors (Lipinski definition) is 4. The Morgan fingerprint density at radius 3 is 2.47 bits per heavy atom. The number of aromatic hydroxyl groups is 1. The van der Waals surface area contributed by atoms with Crippen molar-refractivity contribution in [2.75, 3.05) is 30.8 Å². The molecule has 11 nitrogen and oxygen atoms in total. The highest BCUT2D eigenvalue weighted by Crippen LogP contribution is 2.51. The predicted molar refractivity (Wildman–Crippen MR) is 193 cm³/mol. The van der Waals surface area contributed by atoms with Crippen LogP contribution in [-0.2, 0) is 14.3 Å². The van der Waals surface area contributed by atoms with E-state index in [-0.39, 0.29) is 42.4 Å². The highest BCUT2D eigenvalue weighted by molar-refractivity contribution is 7.81. The third-order valence-electron chi connectivity index (χ3n) is 11.3. The fourth-order valence-corrected chi connectivity index (χ4v) is 8.12. The number of rotatable bonds is 7. The number of carbonyl (C=O) groups excluding carboxylic acids is 2. The normalized spacial score (nSPS) is 26.8. The molecule has 4 aromatic rings. The van der Waals surface area contributed by atoms with Gasteiger partial charge in [0.15, 0.2) is 5.82 Å². The summed E-state index contributed by atoms with van der Waals surface area (Å²) in [5, 5.41) is 25.6. The first-order valence-electron chi connectivity index (χ1n) is 17.3. The van der Waals surface area contributed by atoms with Gasteiger partial charge in [0.2, 0.25) is 5.91 Å². The fourth-order valence-electron chi connectivity index (χ4n) is 7.81. The summed E-state index contributed by atoms with van der Waals surface area (Å²) in [6, 6.07) is 15.7. The standard InChI is InChI=1S/C37H42F2N8O3S/c1-35(15-14-32(49)42-34(35)50)45(2)27-7-5-6-24(18-27)36(51)16-17-46(22-37(36,38)39)25-10-12-26(13-11-25)47-21-23(20-41-47)29-19-30(43-44-33(29)40)28-8-3-4-9-31(28)48/h3-9,18-21,25-26,48,51H,10-17,22H2,1-2H3,(H2,40,44)(H,42,49,50)/t25?,26?,35-,36-/m0/s1. The minimum atomic E-state index is -3.12. The Labute approximate surface area is 300 Å². The zero-order valence-corrected chi connectivity index (χ0v) is 29.5. The van der Waals surface area contributed by atoms with Gasteiger partial charge in [0.1, 0.15) is 16.0 Å². The Balaban J connectivity index is 1.00. The summed E-state index contributed by atoms with van der Waals surface area (Å²) in [7, 11) is 1.75. The van der Waals surface area contributed by atoms with Crippen LogP contribution < -0.4 is 16.0 Å². The number of aromatic nitrogens is 4. The molecule has 51 heavy (non-hydrogen) atoms. The Hall–Kier alpha value is -4.56. The van der Waals surface area contributed by atoms with Crippen molar-refractivity contribution in [3.05, 3.63) is 72.6 Å². The molecule has 3 aliphatic rings. The molecule has 14 heteroatoms. The summed E-state index contributed by atoms with van der Waals surface area (Å²) in [6.07, 6.45) is 7.48. The number of nitrogens with zero attached hydrogens (tertiary/aromatic N) is 6. The van der Waals surface area contributed by atoms with Crippen molar-refractivity contribution in [1.29, 1.82) is 0 Å². The smallest absolute Gasteiger partial charge is 0.278 e. The van der Waals surface area contributed by atoms with Crippen molar-refractivity contribution in [2.24, 2.45) is 0 Å². The van der Waals surface area contributed by atoms with E-state index in [2.05, 4.69) is 20.6 Å². The highest BCUT2D eigenvalue weighted by atomic mass is 32.1. The van der Waals surface area contributed by atoms with Gasteiger partial charge in [-0.1, -0.05) is 24.3 Å². The second kappa shape index (κ2) is 13.2. The zero-order chi connectivity index (χ0) is 36.1. The molecule has 2 saturated heterocycles. The second-order valence-electron chi connectivity index (χ2n) is 14.3. The summed E-state index contributed by atoms with van der Waals surface area (Å²) in [5.41, 5.74) is 8.73. The lowest BCUT2D eigenvalue weighted by Gasteiger charge is -2.49. The molecule has 0 radical (unpaired) electrons. The van der Waals surface area contributed by atoms with Crippen LogP contribution in [0, 0.1) is 0 Å². The number of halogens is 2. The number of carbonyl (C=O) groups is 2. The third-order valence-corrected chi connectivity index (χ3v) is 12.1. The zero-order valence-electron chi connectivity index (χ0n) is 28.6. The molecular formula is C37H42F2N8O3S. The third kappa shape index (κ3) is 6.32. The first kappa shape index (κ1) is 34.9. The minimum Gasteiger partial charge on any atom is -0.507 e. The van der Waals surface area contributed by atoms with Gasteiger partial charge in [-0.15, -0.1) is 10.2 Å². The van der Waals surface area contributed by atoms with Crippen LogP contribution in [0.1, 0.15) is 63.5 Å². The molecule has 1 saturated carbocycles. The van der Waals surface area contributed by atoms with Crippen molar-refractivity contribution in [1.82, 2.24) is 30.2 Å². The number of amides is 2. The number of nitrogens with one attached hydrogen (secondary N) is 1. The largest absolute Gasteiger partial charge is 0.507 e. The molecule has 2 amide bonds. The number of alkyl halides is 2. The van der Waals surface area contributed by atoms with E-state index in [1.54, 1.807) is 73.6 Å². The van der Waals surface area contributed by atoms with Crippen LogP contribution in [0.25, 0.3) is 22.4 Å². The number of likely N-dealkylation sites (tertiary alicyclic amines) is 1. The SMILES string of the molecule is CN(c1cccc([C@@]2(S)CCN(C3CCC(n4cc(-c5cc(-c6ccccc6O)nnc5N)cn4)CC3)CC2(F)F)c1)[C@@]1(C)CCC(=O)NC1=O. The molecular weight excluding hydrogens is 675 g/mol. The van der Waals surface area contributed by atoms with Gasteiger partial charge in [0.05, 0.1) is 24.5 Å². The monoisotopic (exact) mass is 716 g/mol. The topological polar surface area (TPSA) is 142 Å². The van der Waals surface area contributed by atoms with Gasteiger partial charge in [-0.25, -0.2) is 8.78 Å². The molecule has 1 aliphatic carbocycles. The molecule has 4 N–H and O–H groups in total. The molecule has 2 aromatic heterocycles. The quantitative estimate of drug-likeness (QED) is 0.143. The molecule has 3 fully saturated rings. The van der Waals surface area contributed by atoms with Crippen LogP contribution in [-0.4, -0.2) is 79.4 Å². The Morgan fingerprint density at radius 2 is 1.75 bits per heavy atom. The molecule has 0 spiro atoms. The maximum atomic E-state index is 16.2. The average Bonchev–Trinajstić information content (AvgIpc) is 3.62. The summed E-state index contributed by atoms with van der Waals surface area (Å²) in [5.74, 6) is -3.48. The maximum absolute atomic E-state index is 16.2. The number of hydrogen-bond acceptors (Lipinski definition) is 10. The highest BCUT2D eigenvalue weighted by Gasteiger charge is 2.56. The molecule has 4 heterocycles. The summed E-state index contributed by atoms with van der Waals surface area (Å²) in [6.45, 7) is 1.85. The van der Waals surface area contributed by atoms with Crippen LogP contribution in [0.15, 0.2) is 67.0 Å². The van der Waals surface area contributed by atoms with E-state index in [0.717, 1.165) is 31.2 Å². The van der Waals surface area contributed by atoms with Crippen LogP contribution in [0.5, 0.6) is 5.75 Å². The summed E-state index contributed by atoms with van der Waals surface area (Å²) in [4.78, 5) is 28.2. The first-order valence-corrected chi connectivity index (χ1v) is 17.7. The number of para-hydroxylation sites is 1. The van der Waals surface area contributed by atoms with Gasteiger partial charge < -0.3 is 15.7 Å². The van der Waals surface area contributed by atoms with Gasteiger partial charge in [-0.2, -0.15) is 17.7 Å². The molecule has 2 aliphatic heterocycles. The van der Waals surface area contributed by atoms with Crippen LogP contribution in [0.4, 0.5) is 20.3 Å². The summed E-state index contributed by atoms with van der Waals surface area (Å²) >= 11 is 4.69. The minimum absolute atomic E-state index is 0.0196. The maximum Gasteiger partial charge on any atom is 0.278 e. The second-order valence-corrected chi connectivity index (χ2v) is 15.0. The number of likely N-dealkylation sites (N-methyl/N-ethyl adjacent to an activating group) is 1. The van der Waals surface area contributed by atoms with E-state index in [9.17, 15) is 14.7 Å². The Bertz CT molecular complexity index is 1970. The van der Waals surface area contributed by atoms with Gasteiger partial charge >= 0.3 is 0 Å². The predicted octanol–water partition coefficient (Wildman–Crippen LogP) is 5.58. The molecule has 2 atom stereocenters. The average molecular weight is 717 g/mol. The van der Waals surface area contributed by atoms with Gasteiger partial charge in [-0.3, -0.25) is 24.5 Å². The number of phenolic OH excluding ortho intramolecular Hbond substituents is 1. The Kier molecular flexibility index (Phi) is 9.03. The van der Waals surface area contributed by atoms with Crippen LogP contribution >= 0.6 is 12.6 Å². The van der Waals surface area contributed by atoms with Crippen molar-refractivity contribution in [3.8, 4) is 28.1 Å². The number of anilines is 2. The molecule has 2 aromatic carbocycles. The number of nitrogen functional groups attached to an aromatic ring is 1. The van der Waals surface area contributed by atoms with Crippen molar-refractivity contribution >= 4 is 35.9 Å². The van der Waals surface area contributed by atoms with E-state index in [0.29, 0.717) is 41.0 Å². The molecule has 0 bridgehead atoms. The van der Waals surface area contributed by atoms with Crippen molar-refractivity contribution in [3.63, 3.8) is 0 Å². The number of piperidine rings is 2. The lowest BCUT2D eigenvalue weighted by atomic mass is 9.82.